The largest absolute Gasteiger partial charge is 0.327 e. The van der Waals surface area contributed by atoms with Crippen LogP contribution >= 0.6 is 0 Å². The van der Waals surface area contributed by atoms with E-state index in [0.717, 1.165) is 6.54 Å². The topological polar surface area (TPSA) is 29.3 Å². The summed E-state index contributed by atoms with van der Waals surface area (Å²) in [6, 6.07) is 0.329. The first-order chi connectivity index (χ1) is 12.4. The van der Waals surface area contributed by atoms with Crippen LogP contribution < -0.4 is 5.73 Å². The fourth-order valence-corrected chi connectivity index (χ4v) is 5.39. The van der Waals surface area contributed by atoms with Crippen LogP contribution in [0.1, 0.15) is 105 Å². The minimum absolute atomic E-state index is 0.177. The zero-order valence-corrected chi connectivity index (χ0v) is 18.3. The maximum Gasteiger partial charge on any atom is 0.0166 e. The number of rotatable bonds is 11. The average Bonchev–Trinajstić information content (AvgIpc) is 2.60. The maximum atomic E-state index is 6.43. The molecule has 2 nitrogen and oxygen atoms in total. The van der Waals surface area contributed by atoms with Crippen molar-refractivity contribution in [1.29, 1.82) is 0 Å². The van der Waals surface area contributed by atoms with Crippen molar-refractivity contribution in [1.82, 2.24) is 4.90 Å². The van der Waals surface area contributed by atoms with Crippen molar-refractivity contribution in [2.24, 2.45) is 16.6 Å². The standard InChI is InChI=1S/C24H46N2/c1-5-6-7-8-9-10-11-12-13-14-18-26-19-16-21-23(2,3)22(25)15-17-24(21,4)20-26/h16,22H,5-15,17-20,25H2,1-4H3. The molecule has 26 heavy (non-hydrogen) atoms. The smallest absolute Gasteiger partial charge is 0.0166 e. The Morgan fingerprint density at radius 3 is 2.15 bits per heavy atom. The lowest BCUT2D eigenvalue weighted by Gasteiger charge is -2.53. The summed E-state index contributed by atoms with van der Waals surface area (Å²) in [6.07, 6.45) is 19.2. The molecule has 2 rings (SSSR count). The number of hydrogen-bond acceptors (Lipinski definition) is 2. The van der Waals surface area contributed by atoms with Crippen molar-refractivity contribution < 1.29 is 0 Å². The van der Waals surface area contributed by atoms with Gasteiger partial charge in [-0.15, -0.1) is 0 Å². The van der Waals surface area contributed by atoms with Crippen molar-refractivity contribution in [3.63, 3.8) is 0 Å². The first kappa shape index (κ1) is 22.0. The van der Waals surface area contributed by atoms with Gasteiger partial charge in [0.25, 0.3) is 0 Å². The van der Waals surface area contributed by atoms with Crippen molar-refractivity contribution in [2.45, 2.75) is 111 Å². The summed E-state index contributed by atoms with van der Waals surface area (Å²) in [5.74, 6) is 0. The number of nitrogens with zero attached hydrogens (tertiary/aromatic N) is 1. The van der Waals surface area contributed by atoms with Crippen molar-refractivity contribution in [3.8, 4) is 0 Å². The molecule has 0 amide bonds. The molecule has 1 heterocycles. The highest BCUT2D eigenvalue weighted by Gasteiger charge is 2.47. The lowest BCUT2D eigenvalue weighted by Crippen LogP contribution is -2.54. The fraction of sp³-hybridized carbons (Fsp3) is 0.917. The lowest BCUT2D eigenvalue weighted by atomic mass is 9.57. The van der Waals surface area contributed by atoms with Crippen LogP contribution in [-0.2, 0) is 0 Å². The summed E-state index contributed by atoms with van der Waals surface area (Å²) in [4.78, 5) is 2.70. The van der Waals surface area contributed by atoms with Gasteiger partial charge < -0.3 is 5.73 Å². The Bertz CT molecular complexity index is 439. The first-order valence-corrected chi connectivity index (χ1v) is 11.6. The van der Waals surface area contributed by atoms with Gasteiger partial charge >= 0.3 is 0 Å². The molecule has 1 fully saturated rings. The van der Waals surface area contributed by atoms with E-state index in [9.17, 15) is 0 Å². The lowest BCUT2D eigenvalue weighted by molar-refractivity contribution is 0.101. The van der Waals surface area contributed by atoms with E-state index in [0.29, 0.717) is 11.5 Å². The highest BCUT2D eigenvalue weighted by atomic mass is 15.1. The highest BCUT2D eigenvalue weighted by Crippen LogP contribution is 2.51. The molecule has 1 saturated carbocycles. The molecule has 0 radical (unpaired) electrons. The fourth-order valence-electron chi connectivity index (χ4n) is 5.39. The number of nitrogens with two attached hydrogens (primary N) is 1. The minimum atomic E-state index is 0.177. The van der Waals surface area contributed by atoms with Gasteiger partial charge in [0, 0.05) is 30.0 Å². The third-order valence-electron chi connectivity index (χ3n) is 7.23. The van der Waals surface area contributed by atoms with Gasteiger partial charge in [-0.05, 0) is 25.8 Å². The van der Waals surface area contributed by atoms with Gasteiger partial charge in [0.2, 0.25) is 0 Å². The van der Waals surface area contributed by atoms with Gasteiger partial charge in [-0.2, -0.15) is 0 Å². The SMILES string of the molecule is CCCCCCCCCCCCN1CC=C2C(C)(CCC(N)C2(C)C)C1. The third-order valence-corrected chi connectivity index (χ3v) is 7.23. The van der Waals surface area contributed by atoms with Crippen molar-refractivity contribution >= 4 is 0 Å². The third kappa shape index (κ3) is 5.83. The molecule has 0 aromatic heterocycles. The van der Waals surface area contributed by atoms with Gasteiger partial charge in [0.15, 0.2) is 0 Å². The van der Waals surface area contributed by atoms with Gasteiger partial charge in [0.1, 0.15) is 0 Å². The second kappa shape index (κ2) is 10.3. The van der Waals surface area contributed by atoms with Crippen LogP contribution in [0.15, 0.2) is 11.6 Å². The monoisotopic (exact) mass is 362 g/mol. The highest BCUT2D eigenvalue weighted by molar-refractivity contribution is 5.29. The maximum absolute atomic E-state index is 6.43. The molecule has 152 valence electrons. The number of unbranched alkanes of at least 4 members (excludes halogenated alkanes) is 9. The molecule has 0 aromatic rings. The zero-order valence-electron chi connectivity index (χ0n) is 18.3. The molecule has 2 atom stereocenters. The molecule has 0 bridgehead atoms. The van der Waals surface area contributed by atoms with Crippen LogP contribution in [0.5, 0.6) is 0 Å². The van der Waals surface area contributed by atoms with E-state index in [-0.39, 0.29) is 5.41 Å². The molecule has 0 saturated heterocycles. The van der Waals surface area contributed by atoms with E-state index in [1.54, 1.807) is 5.57 Å². The Hall–Kier alpha value is -0.340. The summed E-state index contributed by atoms with van der Waals surface area (Å²) in [5, 5.41) is 0. The van der Waals surface area contributed by atoms with Crippen LogP contribution in [0.25, 0.3) is 0 Å². The molecule has 2 unspecified atom stereocenters. The van der Waals surface area contributed by atoms with Crippen LogP contribution in [0.2, 0.25) is 0 Å². The molecule has 0 aromatic carbocycles. The van der Waals surface area contributed by atoms with E-state index in [1.165, 1.54) is 90.1 Å². The van der Waals surface area contributed by atoms with Gasteiger partial charge in [-0.3, -0.25) is 4.90 Å². The summed E-state index contributed by atoms with van der Waals surface area (Å²) in [7, 11) is 0. The normalized spacial score (nSPS) is 28.7. The van der Waals surface area contributed by atoms with Gasteiger partial charge in [0.05, 0.1) is 0 Å². The number of hydrogen-bond donors (Lipinski definition) is 1. The van der Waals surface area contributed by atoms with Crippen LogP contribution in [0.4, 0.5) is 0 Å². The molecule has 1 aliphatic carbocycles. The molecular weight excluding hydrogens is 316 g/mol. The number of fused-ring (bicyclic) bond motifs is 1. The Morgan fingerprint density at radius 1 is 0.962 bits per heavy atom. The van der Waals surface area contributed by atoms with Crippen molar-refractivity contribution in [3.05, 3.63) is 11.6 Å². The summed E-state index contributed by atoms with van der Waals surface area (Å²) < 4.78 is 0. The Balaban J connectivity index is 1.62. The van der Waals surface area contributed by atoms with E-state index in [4.69, 9.17) is 5.73 Å². The summed E-state index contributed by atoms with van der Waals surface area (Å²) >= 11 is 0. The average molecular weight is 363 g/mol. The molecule has 0 spiro atoms. The predicted octanol–water partition coefficient (Wildman–Crippen LogP) is 6.30. The van der Waals surface area contributed by atoms with Crippen LogP contribution in [0.3, 0.4) is 0 Å². The Labute approximate surface area is 164 Å². The van der Waals surface area contributed by atoms with Crippen LogP contribution in [-0.4, -0.2) is 30.6 Å². The van der Waals surface area contributed by atoms with Crippen LogP contribution in [0, 0.1) is 10.8 Å². The molecule has 2 heteroatoms. The van der Waals surface area contributed by atoms with Crippen molar-refractivity contribution in [2.75, 3.05) is 19.6 Å². The first-order valence-electron chi connectivity index (χ1n) is 11.6. The molecule has 2 aliphatic rings. The molecule has 2 N–H and O–H groups in total. The second-order valence-corrected chi connectivity index (χ2v) is 9.96. The Kier molecular flexibility index (Phi) is 8.67. The summed E-state index contributed by atoms with van der Waals surface area (Å²) in [6.45, 7) is 13.2. The molecule has 1 aliphatic heterocycles. The quantitative estimate of drug-likeness (QED) is 0.345. The van der Waals surface area contributed by atoms with E-state index in [2.05, 4.69) is 38.7 Å². The predicted molar refractivity (Wildman–Crippen MR) is 115 cm³/mol. The van der Waals surface area contributed by atoms with Gasteiger partial charge in [-0.25, -0.2) is 0 Å². The minimum Gasteiger partial charge on any atom is -0.327 e. The Morgan fingerprint density at radius 2 is 1.54 bits per heavy atom. The molecular formula is C24H46N2. The van der Waals surface area contributed by atoms with Gasteiger partial charge in [-0.1, -0.05) is 97.1 Å². The summed E-state index contributed by atoms with van der Waals surface area (Å²) in [5.41, 5.74) is 8.61. The zero-order chi connectivity index (χ0) is 19.0. The second-order valence-electron chi connectivity index (χ2n) is 9.96. The van der Waals surface area contributed by atoms with E-state index < -0.39 is 0 Å². The van der Waals surface area contributed by atoms with E-state index >= 15 is 0 Å². The van der Waals surface area contributed by atoms with E-state index in [1.807, 2.05) is 0 Å².